The van der Waals surface area contributed by atoms with Gasteiger partial charge >= 0.3 is 0 Å². The van der Waals surface area contributed by atoms with Crippen LogP contribution in [0.1, 0.15) is 51.4 Å². The molecule has 0 N–H and O–H groups in total. The number of piperidine rings is 1. The van der Waals surface area contributed by atoms with Gasteiger partial charge in [0.1, 0.15) is 0 Å². The number of amides is 1. The molecule has 0 unspecified atom stereocenters. The SMILES string of the molecule is [2H]C1([2H])C(C(C)(C)C)C([2H])([2H])C([2H])([2H])N(C(C)=O)C1([2H])[2H]. The summed E-state index contributed by atoms with van der Waals surface area (Å²) in [5.74, 6) is -2.64. The quantitative estimate of drug-likeness (QED) is 0.575. The third-order valence-electron chi connectivity index (χ3n) is 1.82. The van der Waals surface area contributed by atoms with Crippen molar-refractivity contribution < 1.29 is 15.8 Å². The molecule has 76 valence electrons. The summed E-state index contributed by atoms with van der Waals surface area (Å²) >= 11 is 0. The summed E-state index contributed by atoms with van der Waals surface area (Å²) in [6.45, 7) is -0.439. The van der Waals surface area contributed by atoms with E-state index >= 15 is 0 Å². The van der Waals surface area contributed by atoms with Gasteiger partial charge in [-0.3, -0.25) is 4.79 Å². The minimum Gasteiger partial charge on any atom is -0.343 e. The lowest BCUT2D eigenvalue weighted by atomic mass is 9.75. The second-order valence-corrected chi connectivity index (χ2v) is 4.17. The lowest BCUT2D eigenvalue weighted by Gasteiger charge is -2.38. The van der Waals surface area contributed by atoms with Crippen molar-refractivity contribution in [3.8, 4) is 0 Å². The monoisotopic (exact) mass is 191 g/mol. The summed E-state index contributed by atoms with van der Waals surface area (Å²) in [6.07, 6.45) is -5.52. The zero-order valence-corrected chi connectivity index (χ0v) is 8.43. The van der Waals surface area contributed by atoms with Gasteiger partial charge in [0.05, 0.1) is 0 Å². The lowest BCUT2D eigenvalue weighted by Crippen LogP contribution is -2.40. The van der Waals surface area contributed by atoms with Gasteiger partial charge < -0.3 is 4.90 Å². The average Bonchev–Trinajstić information content (AvgIpc) is 2.08. The maximum Gasteiger partial charge on any atom is 0.219 e. The van der Waals surface area contributed by atoms with Gasteiger partial charge in [0.25, 0.3) is 0 Å². The van der Waals surface area contributed by atoms with Crippen molar-refractivity contribution in [1.82, 2.24) is 4.90 Å². The first-order chi connectivity index (χ1) is 8.93. The Morgan fingerprint density at radius 2 is 1.85 bits per heavy atom. The summed E-state index contributed by atoms with van der Waals surface area (Å²) in [4.78, 5) is 11.7. The highest BCUT2D eigenvalue weighted by Crippen LogP contribution is 2.34. The smallest absolute Gasteiger partial charge is 0.219 e. The molecule has 0 atom stereocenters. The van der Waals surface area contributed by atoms with E-state index in [1.165, 1.54) is 20.8 Å². The van der Waals surface area contributed by atoms with Crippen LogP contribution in [0.4, 0.5) is 0 Å². The summed E-state index contributed by atoms with van der Waals surface area (Å²) < 4.78 is 64.2. The van der Waals surface area contributed by atoms with Gasteiger partial charge in [-0.25, -0.2) is 0 Å². The van der Waals surface area contributed by atoms with Crippen molar-refractivity contribution in [3.63, 3.8) is 0 Å². The van der Waals surface area contributed by atoms with E-state index in [0.717, 1.165) is 6.92 Å². The third kappa shape index (κ3) is 2.71. The van der Waals surface area contributed by atoms with Gasteiger partial charge in [-0.2, -0.15) is 0 Å². The molecule has 0 aliphatic carbocycles. The number of hydrogen-bond acceptors (Lipinski definition) is 1. The summed E-state index contributed by atoms with van der Waals surface area (Å²) in [6, 6.07) is 0. The molecule has 1 amide bonds. The summed E-state index contributed by atoms with van der Waals surface area (Å²) in [5.41, 5.74) is -1.05. The molecule has 0 spiro atoms. The molecule has 1 fully saturated rings. The first kappa shape index (κ1) is 3.92. The highest BCUT2D eigenvalue weighted by molar-refractivity contribution is 5.73. The van der Waals surface area contributed by atoms with Crippen molar-refractivity contribution in [2.75, 3.05) is 13.0 Å². The molecule has 13 heavy (non-hydrogen) atoms. The molecule has 1 aliphatic heterocycles. The van der Waals surface area contributed by atoms with Gasteiger partial charge in [-0.05, 0) is 24.1 Å². The molecule has 1 aliphatic rings. The Morgan fingerprint density at radius 3 is 2.15 bits per heavy atom. The predicted molar refractivity (Wildman–Crippen MR) is 54.4 cm³/mol. The normalized spacial score (nSPS) is 45.1. The van der Waals surface area contributed by atoms with Gasteiger partial charge in [0.15, 0.2) is 0 Å². The van der Waals surface area contributed by atoms with E-state index in [9.17, 15) is 4.79 Å². The Labute approximate surface area is 92.5 Å². The molecule has 0 aromatic heterocycles. The number of carbonyl (C=O) groups is 1. The van der Waals surface area contributed by atoms with E-state index in [2.05, 4.69) is 0 Å². The zero-order chi connectivity index (χ0) is 17.2. The molecule has 2 nitrogen and oxygen atoms in total. The maximum absolute atomic E-state index is 11.7. The molecule has 1 saturated heterocycles. The molecule has 0 aromatic carbocycles. The highest BCUT2D eigenvalue weighted by atomic mass is 16.2. The zero-order valence-electron chi connectivity index (χ0n) is 16.4. The van der Waals surface area contributed by atoms with Crippen LogP contribution >= 0.6 is 0 Å². The van der Waals surface area contributed by atoms with Crippen LogP contribution in [0.5, 0.6) is 0 Å². The molecule has 0 bridgehead atoms. The minimum atomic E-state index is -2.97. The minimum absolute atomic E-state index is 0.0578. The topological polar surface area (TPSA) is 20.3 Å². The van der Waals surface area contributed by atoms with E-state index in [1.54, 1.807) is 0 Å². The second kappa shape index (κ2) is 3.69. The molecule has 1 heterocycles. The van der Waals surface area contributed by atoms with Crippen LogP contribution in [0.3, 0.4) is 0 Å². The molecule has 0 saturated carbocycles. The Balaban J connectivity index is 3.73. The Kier molecular flexibility index (Phi) is 1.11. The number of carbonyl (C=O) groups excluding carboxylic acids is 1. The van der Waals surface area contributed by atoms with Crippen molar-refractivity contribution >= 4 is 5.91 Å². The van der Waals surface area contributed by atoms with Crippen LogP contribution in [-0.2, 0) is 4.79 Å². The molecular formula is C11H21NO. The van der Waals surface area contributed by atoms with E-state index in [0.29, 0.717) is 0 Å². The predicted octanol–water partition coefficient (Wildman–Crippen LogP) is 2.29. The van der Waals surface area contributed by atoms with Gasteiger partial charge in [0.2, 0.25) is 5.91 Å². The van der Waals surface area contributed by atoms with Gasteiger partial charge in [0, 0.05) is 30.9 Å². The summed E-state index contributed by atoms with van der Waals surface area (Å²) in [5, 5.41) is 0. The van der Waals surface area contributed by atoms with Crippen LogP contribution in [0.15, 0.2) is 0 Å². The average molecular weight is 191 g/mol. The molecular weight excluding hydrogens is 162 g/mol. The third-order valence-corrected chi connectivity index (χ3v) is 1.82. The fourth-order valence-electron chi connectivity index (χ4n) is 0.913. The first-order valence-corrected chi connectivity index (χ1v) is 4.24. The highest BCUT2D eigenvalue weighted by Gasteiger charge is 2.29. The van der Waals surface area contributed by atoms with E-state index < -0.39 is 43.0 Å². The van der Waals surface area contributed by atoms with Gasteiger partial charge in [-0.1, -0.05) is 20.8 Å². The number of likely N-dealkylation sites (tertiary alicyclic amines) is 1. The Bertz CT molecular complexity index is 426. The Morgan fingerprint density at radius 1 is 1.38 bits per heavy atom. The van der Waals surface area contributed by atoms with Crippen LogP contribution in [-0.4, -0.2) is 23.8 Å². The lowest BCUT2D eigenvalue weighted by molar-refractivity contribution is -0.130. The van der Waals surface area contributed by atoms with E-state index in [1.807, 2.05) is 0 Å². The Hall–Kier alpha value is -0.530. The van der Waals surface area contributed by atoms with Crippen molar-refractivity contribution in [2.24, 2.45) is 11.3 Å². The fourth-order valence-corrected chi connectivity index (χ4v) is 0.913. The van der Waals surface area contributed by atoms with Crippen LogP contribution in [0, 0.1) is 11.3 Å². The molecule has 2 heteroatoms. The van der Waals surface area contributed by atoms with Crippen LogP contribution < -0.4 is 0 Å². The number of nitrogens with zero attached hydrogens (tertiary/aromatic N) is 1. The van der Waals surface area contributed by atoms with Gasteiger partial charge in [-0.15, -0.1) is 0 Å². The van der Waals surface area contributed by atoms with Crippen molar-refractivity contribution in [1.29, 1.82) is 0 Å². The number of hydrogen-bond donors (Lipinski definition) is 0. The number of rotatable bonds is 0. The fraction of sp³-hybridized carbons (Fsp3) is 0.909. The van der Waals surface area contributed by atoms with Crippen molar-refractivity contribution in [2.45, 2.75) is 40.4 Å². The van der Waals surface area contributed by atoms with E-state index in [-0.39, 0.29) is 4.90 Å². The van der Waals surface area contributed by atoms with Crippen LogP contribution in [0.2, 0.25) is 0 Å². The maximum atomic E-state index is 11.7. The molecule has 0 radical (unpaired) electrons. The standard InChI is InChI=1S/C11H21NO/c1-9(13)12-7-5-10(6-8-12)11(2,3)4/h10H,5-8H2,1-4H3/i5D2,6D2,7D2,8D2. The molecule has 1 rings (SSSR count). The second-order valence-electron chi connectivity index (χ2n) is 4.17. The first-order valence-electron chi connectivity index (χ1n) is 8.24. The summed E-state index contributed by atoms with van der Waals surface area (Å²) in [7, 11) is 0. The molecule has 0 aromatic rings. The van der Waals surface area contributed by atoms with Crippen molar-refractivity contribution in [3.05, 3.63) is 0 Å². The largest absolute Gasteiger partial charge is 0.343 e. The van der Waals surface area contributed by atoms with Crippen LogP contribution in [0.25, 0.3) is 0 Å². The van der Waals surface area contributed by atoms with E-state index in [4.69, 9.17) is 11.0 Å².